The van der Waals surface area contributed by atoms with Crippen molar-refractivity contribution in [3.63, 3.8) is 0 Å². The maximum absolute atomic E-state index is 11.1. The highest BCUT2D eigenvalue weighted by molar-refractivity contribution is 5.73. The third-order valence-electron chi connectivity index (χ3n) is 2.70. The number of carbonyl (C=O) groups is 1. The molecule has 1 heterocycles. The molecule has 0 aromatic carbocycles. The standard InChI is InChI=1S/C10H21N3O/c1-10(2,3)13-6-5-8(7-13)12-9(14)11-4/h8H,5-7H2,1-4H3,(H2,11,12,14). The van der Waals surface area contributed by atoms with Gasteiger partial charge >= 0.3 is 6.03 Å². The first-order valence-electron chi connectivity index (χ1n) is 5.17. The Hall–Kier alpha value is -0.770. The molecule has 2 N–H and O–H groups in total. The normalized spacial score (nSPS) is 23.6. The second-order valence-electron chi connectivity index (χ2n) is 4.83. The van der Waals surface area contributed by atoms with E-state index in [9.17, 15) is 4.79 Å². The molecule has 14 heavy (non-hydrogen) atoms. The summed E-state index contributed by atoms with van der Waals surface area (Å²) in [5, 5.41) is 5.52. The Bertz CT molecular complexity index is 210. The average molecular weight is 199 g/mol. The lowest BCUT2D eigenvalue weighted by atomic mass is 10.1. The van der Waals surface area contributed by atoms with Crippen LogP contribution in [-0.2, 0) is 0 Å². The highest BCUT2D eigenvalue weighted by Crippen LogP contribution is 2.20. The van der Waals surface area contributed by atoms with E-state index in [1.807, 2.05) is 0 Å². The summed E-state index contributed by atoms with van der Waals surface area (Å²) in [4.78, 5) is 13.5. The topological polar surface area (TPSA) is 44.4 Å². The van der Waals surface area contributed by atoms with Gasteiger partial charge in [0.05, 0.1) is 0 Å². The molecule has 0 aromatic rings. The van der Waals surface area contributed by atoms with Gasteiger partial charge in [-0.1, -0.05) is 0 Å². The van der Waals surface area contributed by atoms with Crippen LogP contribution in [0.15, 0.2) is 0 Å². The van der Waals surface area contributed by atoms with Crippen molar-refractivity contribution < 1.29 is 4.79 Å². The van der Waals surface area contributed by atoms with Crippen molar-refractivity contribution in [3.8, 4) is 0 Å². The molecule has 1 atom stereocenters. The van der Waals surface area contributed by atoms with Crippen molar-refractivity contribution in [1.29, 1.82) is 0 Å². The first kappa shape index (κ1) is 11.3. The van der Waals surface area contributed by atoms with Crippen molar-refractivity contribution >= 4 is 6.03 Å². The molecule has 1 fully saturated rings. The minimum absolute atomic E-state index is 0.0780. The Balaban J connectivity index is 2.38. The summed E-state index contributed by atoms with van der Waals surface area (Å²) in [5.41, 5.74) is 0.207. The van der Waals surface area contributed by atoms with Crippen LogP contribution in [0.5, 0.6) is 0 Å². The summed E-state index contributed by atoms with van der Waals surface area (Å²) in [6.45, 7) is 8.63. The lowest BCUT2D eigenvalue weighted by Crippen LogP contribution is -2.45. The van der Waals surface area contributed by atoms with Crippen molar-refractivity contribution in [2.24, 2.45) is 0 Å². The lowest BCUT2D eigenvalue weighted by molar-refractivity contribution is 0.170. The molecule has 82 valence electrons. The second kappa shape index (κ2) is 4.17. The van der Waals surface area contributed by atoms with E-state index in [0.717, 1.165) is 19.5 Å². The zero-order chi connectivity index (χ0) is 10.8. The summed E-state index contributed by atoms with van der Waals surface area (Å²) < 4.78 is 0. The third kappa shape index (κ3) is 2.87. The van der Waals surface area contributed by atoms with Gasteiger partial charge in [0, 0.05) is 31.7 Å². The number of nitrogens with zero attached hydrogens (tertiary/aromatic N) is 1. The van der Waals surface area contributed by atoms with E-state index in [1.54, 1.807) is 7.05 Å². The first-order chi connectivity index (χ1) is 6.43. The smallest absolute Gasteiger partial charge is 0.314 e. The summed E-state index contributed by atoms with van der Waals surface area (Å²) in [5.74, 6) is 0. The van der Waals surface area contributed by atoms with Crippen LogP contribution in [0.25, 0.3) is 0 Å². The summed E-state index contributed by atoms with van der Waals surface area (Å²) in [7, 11) is 1.64. The zero-order valence-electron chi connectivity index (χ0n) is 9.55. The molecule has 1 rings (SSSR count). The first-order valence-corrected chi connectivity index (χ1v) is 5.17. The molecule has 1 aliphatic heterocycles. The van der Waals surface area contributed by atoms with Crippen LogP contribution in [0, 0.1) is 0 Å². The SMILES string of the molecule is CNC(=O)NC1CCN(C(C)(C)C)C1. The van der Waals surface area contributed by atoms with E-state index in [1.165, 1.54) is 0 Å². The highest BCUT2D eigenvalue weighted by Gasteiger charge is 2.30. The predicted molar refractivity (Wildman–Crippen MR) is 57.3 cm³/mol. The van der Waals surface area contributed by atoms with Crippen LogP contribution in [0.3, 0.4) is 0 Å². The summed E-state index contributed by atoms with van der Waals surface area (Å²) in [6, 6.07) is 0.222. The Labute approximate surface area is 86.0 Å². The van der Waals surface area contributed by atoms with Gasteiger partial charge < -0.3 is 10.6 Å². The maximum atomic E-state index is 11.1. The van der Waals surface area contributed by atoms with Crippen LogP contribution < -0.4 is 10.6 Å². The molecule has 0 aromatic heterocycles. The minimum atomic E-state index is -0.0780. The van der Waals surface area contributed by atoms with Gasteiger partial charge in [-0.2, -0.15) is 0 Å². The van der Waals surface area contributed by atoms with Gasteiger partial charge in [-0.05, 0) is 27.2 Å². The summed E-state index contributed by atoms with van der Waals surface area (Å²) in [6.07, 6.45) is 1.05. The van der Waals surface area contributed by atoms with E-state index in [-0.39, 0.29) is 11.6 Å². The van der Waals surface area contributed by atoms with Crippen LogP contribution in [0.1, 0.15) is 27.2 Å². The molecule has 0 saturated carbocycles. The summed E-state index contributed by atoms with van der Waals surface area (Å²) >= 11 is 0. The Morgan fingerprint density at radius 1 is 1.43 bits per heavy atom. The van der Waals surface area contributed by atoms with Crippen LogP contribution in [0.4, 0.5) is 4.79 Å². The van der Waals surface area contributed by atoms with Crippen LogP contribution in [0.2, 0.25) is 0 Å². The Morgan fingerprint density at radius 2 is 2.07 bits per heavy atom. The Kier molecular flexibility index (Phi) is 3.37. The second-order valence-corrected chi connectivity index (χ2v) is 4.83. The molecule has 2 amide bonds. The third-order valence-corrected chi connectivity index (χ3v) is 2.70. The zero-order valence-corrected chi connectivity index (χ0v) is 9.55. The largest absolute Gasteiger partial charge is 0.341 e. The van der Waals surface area contributed by atoms with E-state index in [0.29, 0.717) is 6.04 Å². The van der Waals surface area contributed by atoms with Gasteiger partial charge in [-0.25, -0.2) is 4.79 Å². The van der Waals surface area contributed by atoms with Crippen molar-refractivity contribution in [2.75, 3.05) is 20.1 Å². The molecule has 1 aliphatic rings. The quantitative estimate of drug-likeness (QED) is 0.655. The number of amides is 2. The number of likely N-dealkylation sites (tertiary alicyclic amines) is 1. The minimum Gasteiger partial charge on any atom is -0.341 e. The fourth-order valence-electron chi connectivity index (χ4n) is 1.74. The molecule has 0 aliphatic carbocycles. The highest BCUT2D eigenvalue weighted by atomic mass is 16.2. The Morgan fingerprint density at radius 3 is 2.50 bits per heavy atom. The fourth-order valence-corrected chi connectivity index (χ4v) is 1.74. The molecular formula is C10H21N3O. The van der Waals surface area contributed by atoms with Crippen LogP contribution >= 0.6 is 0 Å². The average Bonchev–Trinajstić information content (AvgIpc) is 2.51. The van der Waals surface area contributed by atoms with Gasteiger partial charge in [0.25, 0.3) is 0 Å². The van der Waals surface area contributed by atoms with Crippen LogP contribution in [-0.4, -0.2) is 42.6 Å². The van der Waals surface area contributed by atoms with E-state index in [2.05, 4.69) is 36.3 Å². The molecule has 0 spiro atoms. The van der Waals surface area contributed by atoms with E-state index >= 15 is 0 Å². The van der Waals surface area contributed by atoms with Gasteiger partial charge in [0.1, 0.15) is 0 Å². The molecule has 4 heteroatoms. The maximum Gasteiger partial charge on any atom is 0.314 e. The van der Waals surface area contributed by atoms with Gasteiger partial charge in [-0.15, -0.1) is 0 Å². The number of hydrogen-bond acceptors (Lipinski definition) is 2. The van der Waals surface area contributed by atoms with Crippen molar-refractivity contribution in [3.05, 3.63) is 0 Å². The van der Waals surface area contributed by atoms with Gasteiger partial charge in [0.2, 0.25) is 0 Å². The lowest BCUT2D eigenvalue weighted by Gasteiger charge is -2.31. The van der Waals surface area contributed by atoms with Crippen molar-refractivity contribution in [1.82, 2.24) is 15.5 Å². The molecule has 1 saturated heterocycles. The monoisotopic (exact) mass is 199 g/mol. The van der Waals surface area contributed by atoms with Gasteiger partial charge in [-0.3, -0.25) is 4.90 Å². The number of urea groups is 1. The van der Waals surface area contributed by atoms with E-state index < -0.39 is 0 Å². The number of nitrogens with one attached hydrogen (secondary N) is 2. The van der Waals surface area contributed by atoms with Crippen molar-refractivity contribution in [2.45, 2.75) is 38.8 Å². The molecule has 1 unspecified atom stereocenters. The number of rotatable bonds is 1. The number of carbonyl (C=O) groups excluding carboxylic acids is 1. The predicted octanol–water partition coefficient (Wildman–Crippen LogP) is 0.788. The molecule has 4 nitrogen and oxygen atoms in total. The van der Waals surface area contributed by atoms with Gasteiger partial charge in [0.15, 0.2) is 0 Å². The molecular weight excluding hydrogens is 178 g/mol. The molecule has 0 radical (unpaired) electrons. The fraction of sp³-hybridized carbons (Fsp3) is 0.900. The number of hydrogen-bond donors (Lipinski definition) is 2. The molecule has 0 bridgehead atoms. The van der Waals surface area contributed by atoms with E-state index in [4.69, 9.17) is 0 Å².